The van der Waals surface area contributed by atoms with Crippen LogP contribution in [0.2, 0.25) is 0 Å². The zero-order valence-corrected chi connectivity index (χ0v) is 17.0. The van der Waals surface area contributed by atoms with Crippen molar-refractivity contribution < 1.29 is 23.9 Å². The molecule has 0 aliphatic carbocycles. The molecule has 1 aliphatic heterocycles. The Kier molecular flexibility index (Phi) is 5.54. The van der Waals surface area contributed by atoms with Crippen LogP contribution in [0.5, 0.6) is 5.75 Å². The smallest absolute Gasteiger partial charge is 0.466 e. The molecular weight excluding hydrogens is 359 g/mol. The molecule has 0 radical (unpaired) electrons. The molecule has 2 aromatic rings. The van der Waals surface area contributed by atoms with Gasteiger partial charge in [-0.05, 0) is 45.4 Å². The number of carboxylic acids is 1. The maximum Gasteiger partial charge on any atom is 0.466 e. The third-order valence-corrected chi connectivity index (χ3v) is 5.62. The van der Waals surface area contributed by atoms with Gasteiger partial charge in [0, 0.05) is 23.8 Å². The average Bonchev–Trinajstić information content (AvgIpc) is 3.18. The lowest BCUT2D eigenvalue weighted by atomic mass is 9.66. The van der Waals surface area contributed by atoms with Gasteiger partial charge in [-0.15, -0.1) is 0 Å². The fourth-order valence-corrected chi connectivity index (χ4v) is 3.33. The van der Waals surface area contributed by atoms with Crippen LogP contribution in [0, 0.1) is 0 Å². The van der Waals surface area contributed by atoms with Crippen LogP contribution in [0.3, 0.4) is 0 Å². The molecule has 1 unspecified atom stereocenters. The summed E-state index contributed by atoms with van der Waals surface area (Å²) >= 11 is 0. The molecule has 1 N–H and O–H groups in total. The zero-order chi connectivity index (χ0) is 20.5. The molecule has 0 saturated carbocycles. The van der Waals surface area contributed by atoms with E-state index in [0.717, 1.165) is 16.9 Å². The van der Waals surface area contributed by atoms with Crippen molar-refractivity contribution in [3.8, 4) is 5.75 Å². The number of aromatic nitrogens is 2. The molecule has 3 rings (SSSR count). The molecule has 1 aromatic heterocycles. The summed E-state index contributed by atoms with van der Waals surface area (Å²) < 4.78 is 19.6. The van der Waals surface area contributed by atoms with Crippen molar-refractivity contribution in [1.82, 2.24) is 9.78 Å². The molecule has 1 atom stereocenters. The SMILES string of the molecule is COc1ccc(C(CC(=O)O)B2OC(C)(C)C(C)(C)O2)cc1Cn1cccn1. The lowest BCUT2D eigenvalue weighted by Crippen LogP contribution is -2.41. The highest BCUT2D eigenvalue weighted by atomic mass is 16.7. The summed E-state index contributed by atoms with van der Waals surface area (Å²) in [6.45, 7) is 8.36. The van der Waals surface area contributed by atoms with Crippen LogP contribution in [0.15, 0.2) is 36.7 Å². The Morgan fingerprint density at radius 3 is 2.50 bits per heavy atom. The van der Waals surface area contributed by atoms with E-state index >= 15 is 0 Å². The molecule has 7 nitrogen and oxygen atoms in total. The van der Waals surface area contributed by atoms with Crippen LogP contribution < -0.4 is 4.74 Å². The van der Waals surface area contributed by atoms with Crippen LogP contribution >= 0.6 is 0 Å². The number of methoxy groups -OCH3 is 1. The minimum absolute atomic E-state index is 0.0929. The Labute approximate surface area is 165 Å². The van der Waals surface area contributed by atoms with Crippen LogP contribution in [-0.4, -0.2) is 46.3 Å². The lowest BCUT2D eigenvalue weighted by molar-refractivity contribution is -0.137. The second-order valence-electron chi connectivity index (χ2n) is 8.10. The molecule has 1 aliphatic rings. The molecular formula is C20H27BN2O5. The minimum atomic E-state index is -0.899. The van der Waals surface area contributed by atoms with Gasteiger partial charge in [0.2, 0.25) is 0 Å². The van der Waals surface area contributed by atoms with Gasteiger partial charge in [0.25, 0.3) is 0 Å². The first-order valence-corrected chi connectivity index (χ1v) is 9.34. The predicted molar refractivity (Wildman–Crippen MR) is 105 cm³/mol. The van der Waals surface area contributed by atoms with E-state index in [-0.39, 0.29) is 6.42 Å². The van der Waals surface area contributed by atoms with Crippen molar-refractivity contribution in [1.29, 1.82) is 0 Å². The number of hydrogen-bond acceptors (Lipinski definition) is 5. The number of carbonyl (C=O) groups is 1. The first-order valence-electron chi connectivity index (χ1n) is 9.34. The van der Waals surface area contributed by atoms with Crippen molar-refractivity contribution in [3.63, 3.8) is 0 Å². The summed E-state index contributed by atoms with van der Waals surface area (Å²) in [7, 11) is 0.969. The fraction of sp³-hybridized carbons (Fsp3) is 0.500. The van der Waals surface area contributed by atoms with Gasteiger partial charge in [0.15, 0.2) is 0 Å². The van der Waals surface area contributed by atoms with E-state index in [2.05, 4.69) is 5.10 Å². The highest BCUT2D eigenvalue weighted by molar-refractivity contribution is 6.48. The molecule has 28 heavy (non-hydrogen) atoms. The average molecular weight is 386 g/mol. The molecule has 150 valence electrons. The first kappa shape index (κ1) is 20.4. The largest absolute Gasteiger partial charge is 0.496 e. The van der Waals surface area contributed by atoms with E-state index in [0.29, 0.717) is 6.54 Å². The number of nitrogens with zero attached hydrogens (tertiary/aromatic N) is 2. The van der Waals surface area contributed by atoms with Gasteiger partial charge in [-0.3, -0.25) is 9.48 Å². The Morgan fingerprint density at radius 1 is 1.29 bits per heavy atom. The van der Waals surface area contributed by atoms with Crippen molar-refractivity contribution in [2.75, 3.05) is 7.11 Å². The maximum atomic E-state index is 11.6. The van der Waals surface area contributed by atoms with Crippen LogP contribution in [0.25, 0.3) is 0 Å². The molecule has 1 aromatic carbocycles. The molecule has 1 fully saturated rings. The van der Waals surface area contributed by atoms with E-state index in [1.54, 1.807) is 18.0 Å². The van der Waals surface area contributed by atoms with Gasteiger partial charge in [0.1, 0.15) is 5.75 Å². The minimum Gasteiger partial charge on any atom is -0.496 e. The second-order valence-corrected chi connectivity index (χ2v) is 8.10. The quantitative estimate of drug-likeness (QED) is 0.737. The highest BCUT2D eigenvalue weighted by Gasteiger charge is 2.54. The number of carboxylic acid groups (broad SMARTS) is 1. The summed E-state index contributed by atoms with van der Waals surface area (Å²) in [4.78, 5) is 11.6. The molecule has 2 heterocycles. The summed E-state index contributed by atoms with van der Waals surface area (Å²) in [6, 6.07) is 7.55. The number of aliphatic carboxylic acids is 1. The Hall–Kier alpha value is -2.32. The van der Waals surface area contributed by atoms with Gasteiger partial charge in [-0.1, -0.05) is 12.1 Å². The molecule has 0 amide bonds. The predicted octanol–water partition coefficient (Wildman–Crippen LogP) is 3.13. The van der Waals surface area contributed by atoms with Gasteiger partial charge >= 0.3 is 13.1 Å². The zero-order valence-electron chi connectivity index (χ0n) is 17.0. The van der Waals surface area contributed by atoms with Crippen LogP contribution in [0.4, 0.5) is 0 Å². The molecule has 0 spiro atoms. The topological polar surface area (TPSA) is 82.8 Å². The number of rotatable bonds is 7. The summed E-state index contributed by atoms with van der Waals surface area (Å²) in [5, 5.41) is 13.7. The van der Waals surface area contributed by atoms with Gasteiger partial charge in [-0.2, -0.15) is 5.10 Å². The van der Waals surface area contributed by atoms with E-state index < -0.39 is 30.1 Å². The standard InChI is InChI=1S/C20H27BN2O5/c1-19(2)20(3,4)28-21(27-19)16(12-18(24)25)14-7-8-17(26-5)15(11-14)13-23-10-6-9-22-23/h6-11,16H,12-13H2,1-5H3,(H,24,25). The third kappa shape index (κ3) is 4.08. The Balaban J connectivity index is 1.95. The van der Waals surface area contributed by atoms with E-state index in [1.165, 1.54) is 0 Å². The van der Waals surface area contributed by atoms with Crippen molar-refractivity contribution in [2.45, 2.75) is 57.7 Å². The second kappa shape index (κ2) is 7.60. The van der Waals surface area contributed by atoms with E-state index in [4.69, 9.17) is 14.0 Å². The summed E-state index contributed by atoms with van der Waals surface area (Å²) in [5.74, 6) is -0.618. The highest BCUT2D eigenvalue weighted by Crippen LogP contribution is 2.42. The monoisotopic (exact) mass is 386 g/mol. The third-order valence-electron chi connectivity index (χ3n) is 5.62. The Bertz CT molecular complexity index is 819. The van der Waals surface area contributed by atoms with E-state index in [1.807, 2.05) is 58.2 Å². The molecule has 1 saturated heterocycles. The number of hydrogen-bond donors (Lipinski definition) is 1. The Morgan fingerprint density at radius 2 is 1.96 bits per heavy atom. The van der Waals surface area contributed by atoms with Crippen molar-refractivity contribution in [3.05, 3.63) is 47.8 Å². The fourth-order valence-electron chi connectivity index (χ4n) is 3.33. The number of benzene rings is 1. The lowest BCUT2D eigenvalue weighted by Gasteiger charge is -2.32. The van der Waals surface area contributed by atoms with Gasteiger partial charge < -0.3 is 19.2 Å². The summed E-state index contributed by atoms with van der Waals surface area (Å²) in [5.41, 5.74) is 0.692. The van der Waals surface area contributed by atoms with E-state index in [9.17, 15) is 9.90 Å². The first-order chi connectivity index (χ1) is 13.1. The normalized spacial score (nSPS) is 18.8. The van der Waals surface area contributed by atoms with Crippen molar-refractivity contribution in [2.24, 2.45) is 0 Å². The van der Waals surface area contributed by atoms with Gasteiger partial charge in [0.05, 0.1) is 31.3 Å². The van der Waals surface area contributed by atoms with Crippen LogP contribution in [0.1, 0.15) is 51.1 Å². The molecule has 8 heteroatoms. The van der Waals surface area contributed by atoms with Gasteiger partial charge in [-0.25, -0.2) is 0 Å². The maximum absolute atomic E-state index is 11.6. The van der Waals surface area contributed by atoms with Crippen molar-refractivity contribution >= 4 is 13.1 Å². The summed E-state index contributed by atoms with van der Waals surface area (Å²) in [6.07, 6.45) is 3.49. The van der Waals surface area contributed by atoms with Crippen LogP contribution in [-0.2, 0) is 20.6 Å². The number of ether oxygens (including phenoxy) is 1. The molecule has 0 bridgehead atoms.